The number of halogens is 1. The zero-order valence-corrected chi connectivity index (χ0v) is 18.2. The number of ether oxygens (including phenoxy) is 1. The van der Waals surface area contributed by atoms with Crippen LogP contribution < -0.4 is 10.9 Å². The minimum Gasteiger partial charge on any atom is -0.463 e. The van der Waals surface area contributed by atoms with E-state index < -0.39 is 5.63 Å². The van der Waals surface area contributed by atoms with Crippen LogP contribution in [-0.2, 0) is 16.0 Å². The minimum atomic E-state index is -0.451. The fraction of sp³-hybridized carbons (Fsp3) is 0.280. The molecule has 1 N–H and O–H groups in total. The first-order valence-electron chi connectivity index (χ1n) is 10.4. The summed E-state index contributed by atoms with van der Waals surface area (Å²) in [6.45, 7) is 4.55. The molecule has 0 saturated carbocycles. The van der Waals surface area contributed by atoms with E-state index in [4.69, 9.17) is 13.6 Å². The van der Waals surface area contributed by atoms with Crippen molar-refractivity contribution in [3.63, 3.8) is 0 Å². The van der Waals surface area contributed by atoms with Gasteiger partial charge < -0.3 is 18.9 Å². The van der Waals surface area contributed by atoms with Crippen molar-refractivity contribution in [2.45, 2.75) is 26.7 Å². The molecule has 0 unspecified atom stereocenters. The molecule has 2 heterocycles. The Labute approximate surface area is 184 Å². The van der Waals surface area contributed by atoms with E-state index >= 15 is 0 Å². The molecule has 6 nitrogen and oxygen atoms in total. The van der Waals surface area contributed by atoms with E-state index in [9.17, 15) is 14.0 Å². The molecule has 4 aromatic rings. The molecule has 0 bridgehead atoms. The Kier molecular flexibility index (Phi) is 6.10. The Morgan fingerprint density at radius 2 is 1.84 bits per heavy atom. The summed E-state index contributed by atoms with van der Waals surface area (Å²) in [6.07, 6.45) is 2.08. The highest BCUT2D eigenvalue weighted by Crippen LogP contribution is 2.37. The maximum atomic E-state index is 13.4. The standard InChI is InChI=1S/C25H24FNO5/c1-14-18(8-9-22(28)27-10-11-30-3)25(29)32-24-15(2)23-20(12-19(14)24)21(13-31-23)16-4-6-17(26)7-5-16/h4-7,12-13H,8-11H2,1-3H3,(H,27,28). The molecular weight excluding hydrogens is 413 g/mol. The molecule has 2 aromatic heterocycles. The maximum Gasteiger partial charge on any atom is 0.339 e. The van der Waals surface area contributed by atoms with Crippen molar-refractivity contribution in [1.29, 1.82) is 0 Å². The van der Waals surface area contributed by atoms with Crippen LogP contribution in [0.25, 0.3) is 33.1 Å². The van der Waals surface area contributed by atoms with Crippen molar-refractivity contribution in [1.82, 2.24) is 5.32 Å². The SMILES string of the molecule is COCCNC(=O)CCc1c(C)c2cc3c(-c4ccc(F)cc4)coc3c(C)c2oc1=O. The second-order valence-corrected chi connectivity index (χ2v) is 7.75. The molecule has 0 aliphatic heterocycles. The second-order valence-electron chi connectivity index (χ2n) is 7.75. The summed E-state index contributed by atoms with van der Waals surface area (Å²) in [7, 11) is 1.57. The van der Waals surface area contributed by atoms with Crippen LogP contribution in [-0.4, -0.2) is 26.2 Å². The number of carbonyl (C=O) groups is 1. The van der Waals surface area contributed by atoms with Gasteiger partial charge in [0.1, 0.15) is 17.0 Å². The van der Waals surface area contributed by atoms with Crippen LogP contribution in [0, 0.1) is 19.7 Å². The molecule has 0 aliphatic carbocycles. The number of fused-ring (bicyclic) bond motifs is 2. The second kappa shape index (κ2) is 8.96. The Balaban J connectivity index is 1.76. The van der Waals surface area contributed by atoms with Gasteiger partial charge in [-0.3, -0.25) is 4.79 Å². The third-order valence-electron chi connectivity index (χ3n) is 5.73. The van der Waals surface area contributed by atoms with Crippen LogP contribution in [0.5, 0.6) is 0 Å². The average Bonchev–Trinajstić information content (AvgIpc) is 3.20. The molecular formula is C25H24FNO5. The monoisotopic (exact) mass is 437 g/mol. The largest absolute Gasteiger partial charge is 0.463 e. The number of amides is 1. The minimum absolute atomic E-state index is 0.152. The Morgan fingerprint density at radius 1 is 1.09 bits per heavy atom. The number of hydrogen-bond donors (Lipinski definition) is 1. The Morgan fingerprint density at radius 3 is 2.56 bits per heavy atom. The van der Waals surface area contributed by atoms with Crippen LogP contribution in [0.3, 0.4) is 0 Å². The number of furan rings is 1. The Bertz CT molecular complexity index is 1350. The number of hydrogen-bond acceptors (Lipinski definition) is 5. The van der Waals surface area contributed by atoms with Crippen LogP contribution in [0.2, 0.25) is 0 Å². The normalized spacial score (nSPS) is 11.4. The first-order chi connectivity index (χ1) is 15.4. The van der Waals surface area contributed by atoms with Gasteiger partial charge >= 0.3 is 5.63 Å². The first kappa shape index (κ1) is 21.8. The highest BCUT2D eigenvalue weighted by molar-refractivity contribution is 6.04. The highest BCUT2D eigenvalue weighted by atomic mass is 19.1. The molecule has 0 aliphatic rings. The number of methoxy groups -OCH3 is 1. The van der Waals surface area contributed by atoms with Crippen LogP contribution >= 0.6 is 0 Å². The number of aryl methyl sites for hydroxylation is 2. The molecule has 2 aromatic carbocycles. The van der Waals surface area contributed by atoms with Crippen molar-refractivity contribution < 1.29 is 22.8 Å². The van der Waals surface area contributed by atoms with Crippen LogP contribution in [0.1, 0.15) is 23.1 Å². The van der Waals surface area contributed by atoms with E-state index in [0.29, 0.717) is 29.9 Å². The lowest BCUT2D eigenvalue weighted by Gasteiger charge is -2.10. The van der Waals surface area contributed by atoms with Crippen LogP contribution in [0.15, 0.2) is 50.2 Å². The first-order valence-corrected chi connectivity index (χ1v) is 10.4. The van der Waals surface area contributed by atoms with Crippen molar-refractivity contribution in [2.75, 3.05) is 20.3 Å². The van der Waals surface area contributed by atoms with E-state index in [0.717, 1.165) is 33.0 Å². The Hall–Kier alpha value is -3.45. The molecule has 32 heavy (non-hydrogen) atoms. The number of nitrogens with one attached hydrogen (secondary N) is 1. The summed E-state index contributed by atoms with van der Waals surface area (Å²) in [5.74, 6) is -0.460. The van der Waals surface area contributed by atoms with Gasteiger partial charge in [0.05, 0.1) is 12.9 Å². The van der Waals surface area contributed by atoms with Crippen LogP contribution in [0.4, 0.5) is 4.39 Å². The zero-order chi connectivity index (χ0) is 22.8. The van der Waals surface area contributed by atoms with E-state index in [1.165, 1.54) is 12.1 Å². The van der Waals surface area contributed by atoms with Crippen molar-refractivity contribution in [3.05, 3.63) is 69.5 Å². The van der Waals surface area contributed by atoms with Crippen molar-refractivity contribution in [2.24, 2.45) is 0 Å². The average molecular weight is 437 g/mol. The lowest BCUT2D eigenvalue weighted by Crippen LogP contribution is -2.27. The van der Waals surface area contributed by atoms with Gasteiger partial charge in [0, 0.05) is 47.5 Å². The summed E-state index contributed by atoms with van der Waals surface area (Å²) < 4.78 is 29.7. The lowest BCUT2D eigenvalue weighted by molar-refractivity contribution is -0.121. The predicted octanol–water partition coefficient (Wildman–Crippen LogP) is 4.66. The van der Waals surface area contributed by atoms with E-state index in [-0.39, 0.29) is 24.6 Å². The predicted molar refractivity (Wildman–Crippen MR) is 120 cm³/mol. The van der Waals surface area contributed by atoms with Gasteiger partial charge in [-0.05, 0) is 49.6 Å². The quantitative estimate of drug-likeness (QED) is 0.336. The van der Waals surface area contributed by atoms with Gasteiger partial charge in [-0.25, -0.2) is 9.18 Å². The van der Waals surface area contributed by atoms with Crippen molar-refractivity contribution in [3.8, 4) is 11.1 Å². The highest BCUT2D eigenvalue weighted by Gasteiger charge is 2.19. The molecule has 7 heteroatoms. The fourth-order valence-corrected chi connectivity index (χ4v) is 3.96. The lowest BCUT2D eigenvalue weighted by atomic mass is 9.96. The summed E-state index contributed by atoms with van der Waals surface area (Å²) in [4.78, 5) is 24.7. The van der Waals surface area contributed by atoms with Gasteiger partial charge in [-0.15, -0.1) is 0 Å². The molecule has 1 amide bonds. The molecule has 0 spiro atoms. The van der Waals surface area contributed by atoms with Crippen molar-refractivity contribution >= 4 is 27.8 Å². The van der Waals surface area contributed by atoms with E-state index in [1.54, 1.807) is 25.5 Å². The topological polar surface area (TPSA) is 81.7 Å². The van der Waals surface area contributed by atoms with E-state index in [2.05, 4.69) is 5.32 Å². The summed E-state index contributed by atoms with van der Waals surface area (Å²) in [5, 5.41) is 4.39. The summed E-state index contributed by atoms with van der Waals surface area (Å²) >= 11 is 0. The van der Waals surface area contributed by atoms with Gasteiger partial charge in [0.15, 0.2) is 0 Å². The van der Waals surface area contributed by atoms with Gasteiger partial charge in [0.25, 0.3) is 0 Å². The van der Waals surface area contributed by atoms with Gasteiger partial charge in [-0.1, -0.05) is 12.1 Å². The number of benzene rings is 2. The molecule has 4 rings (SSSR count). The number of rotatable bonds is 7. The smallest absolute Gasteiger partial charge is 0.339 e. The third-order valence-corrected chi connectivity index (χ3v) is 5.73. The summed E-state index contributed by atoms with van der Waals surface area (Å²) in [5.41, 5.74) is 4.25. The maximum absolute atomic E-state index is 13.4. The molecule has 0 saturated heterocycles. The fourth-order valence-electron chi connectivity index (χ4n) is 3.96. The molecule has 0 radical (unpaired) electrons. The molecule has 166 valence electrons. The number of carbonyl (C=O) groups excluding carboxylic acids is 1. The van der Waals surface area contributed by atoms with Gasteiger partial charge in [-0.2, -0.15) is 0 Å². The van der Waals surface area contributed by atoms with Gasteiger partial charge in [0.2, 0.25) is 5.91 Å². The molecule has 0 fully saturated rings. The summed E-state index contributed by atoms with van der Waals surface area (Å²) in [6, 6.07) is 8.14. The molecule has 0 atom stereocenters. The zero-order valence-electron chi connectivity index (χ0n) is 18.2. The van der Waals surface area contributed by atoms with E-state index in [1.807, 2.05) is 19.9 Å². The third kappa shape index (κ3) is 4.03.